The molecule has 1 aromatic carbocycles. The minimum atomic E-state index is -0.547. The Morgan fingerprint density at radius 2 is 2.07 bits per heavy atom. The summed E-state index contributed by atoms with van der Waals surface area (Å²) in [6, 6.07) is 4.81. The van der Waals surface area contributed by atoms with Crippen LogP contribution in [-0.2, 0) is 4.74 Å². The number of ether oxygens (including phenoxy) is 1. The number of benzene rings is 1. The number of hydrogen-bond acceptors (Lipinski definition) is 2. The molecule has 15 heavy (non-hydrogen) atoms. The molecule has 1 N–H and O–H groups in total. The summed E-state index contributed by atoms with van der Waals surface area (Å²) in [7, 11) is 0. The van der Waals surface area contributed by atoms with Crippen molar-refractivity contribution < 1.29 is 9.53 Å². The van der Waals surface area contributed by atoms with Gasteiger partial charge in [0.2, 0.25) is 0 Å². The number of halogens is 2. The predicted molar refractivity (Wildman–Crippen MR) is 61.7 cm³/mol. The van der Waals surface area contributed by atoms with Gasteiger partial charge in [-0.05, 0) is 32.0 Å². The van der Waals surface area contributed by atoms with E-state index in [1.54, 1.807) is 32.0 Å². The van der Waals surface area contributed by atoms with E-state index in [-0.39, 0.29) is 6.10 Å². The molecule has 1 rings (SSSR count). The zero-order chi connectivity index (χ0) is 11.4. The van der Waals surface area contributed by atoms with Crippen LogP contribution < -0.4 is 5.32 Å². The zero-order valence-corrected chi connectivity index (χ0v) is 9.89. The number of anilines is 1. The van der Waals surface area contributed by atoms with Gasteiger partial charge in [0.15, 0.2) is 0 Å². The molecular weight excluding hydrogens is 237 g/mol. The fraction of sp³-hybridized carbons (Fsp3) is 0.300. The van der Waals surface area contributed by atoms with Crippen molar-refractivity contribution in [3.05, 3.63) is 28.2 Å². The zero-order valence-electron chi connectivity index (χ0n) is 8.38. The van der Waals surface area contributed by atoms with Gasteiger partial charge in [0.05, 0.1) is 16.8 Å². The average molecular weight is 248 g/mol. The molecule has 0 aliphatic rings. The molecule has 1 amide bonds. The Morgan fingerprint density at radius 1 is 1.40 bits per heavy atom. The molecular formula is C10H11Cl2NO2. The molecule has 0 radical (unpaired) electrons. The first kappa shape index (κ1) is 12.1. The normalized spacial score (nSPS) is 10.2. The van der Waals surface area contributed by atoms with Crippen molar-refractivity contribution in [1.29, 1.82) is 0 Å². The lowest BCUT2D eigenvalue weighted by atomic mass is 10.3. The third kappa shape index (κ3) is 3.98. The van der Waals surface area contributed by atoms with Crippen LogP contribution in [0.15, 0.2) is 18.2 Å². The van der Waals surface area contributed by atoms with Gasteiger partial charge in [-0.2, -0.15) is 0 Å². The fourth-order valence-electron chi connectivity index (χ4n) is 0.947. The Hall–Kier alpha value is -0.930. The van der Waals surface area contributed by atoms with Crippen molar-refractivity contribution in [3.8, 4) is 0 Å². The summed E-state index contributed by atoms with van der Waals surface area (Å²) in [5.41, 5.74) is 0.440. The number of amides is 1. The van der Waals surface area contributed by atoms with E-state index >= 15 is 0 Å². The first-order valence-corrected chi connectivity index (χ1v) is 5.17. The second-order valence-electron chi connectivity index (χ2n) is 3.20. The lowest BCUT2D eigenvalue weighted by molar-refractivity contribution is 0.130. The number of carbonyl (C=O) groups is 1. The largest absolute Gasteiger partial charge is 0.447 e. The first-order chi connectivity index (χ1) is 6.99. The highest BCUT2D eigenvalue weighted by atomic mass is 35.5. The van der Waals surface area contributed by atoms with Gasteiger partial charge >= 0.3 is 6.09 Å². The Labute approximate surface area is 98.3 Å². The standard InChI is InChI=1S/C10H11Cl2NO2/c1-6(2)15-10(14)13-9-5-7(11)3-4-8(9)12/h3-6H,1-2H3,(H,13,14). The fourth-order valence-corrected chi connectivity index (χ4v) is 1.28. The van der Waals surface area contributed by atoms with Gasteiger partial charge in [-0.25, -0.2) is 4.79 Å². The molecule has 0 saturated heterocycles. The van der Waals surface area contributed by atoms with E-state index in [2.05, 4.69) is 5.32 Å². The van der Waals surface area contributed by atoms with Crippen LogP contribution in [0.5, 0.6) is 0 Å². The highest BCUT2D eigenvalue weighted by molar-refractivity contribution is 6.35. The number of rotatable bonds is 2. The Morgan fingerprint density at radius 3 is 2.67 bits per heavy atom. The maximum absolute atomic E-state index is 11.3. The lowest BCUT2D eigenvalue weighted by Crippen LogP contribution is -2.18. The molecule has 82 valence electrons. The highest BCUT2D eigenvalue weighted by Gasteiger charge is 2.08. The maximum Gasteiger partial charge on any atom is 0.411 e. The molecule has 0 aliphatic heterocycles. The monoisotopic (exact) mass is 247 g/mol. The van der Waals surface area contributed by atoms with Crippen LogP contribution in [0.25, 0.3) is 0 Å². The van der Waals surface area contributed by atoms with E-state index in [1.807, 2.05) is 0 Å². The number of carbonyl (C=O) groups excluding carboxylic acids is 1. The van der Waals surface area contributed by atoms with Crippen LogP contribution in [0.2, 0.25) is 10.0 Å². The van der Waals surface area contributed by atoms with E-state index in [0.717, 1.165) is 0 Å². The van der Waals surface area contributed by atoms with Gasteiger partial charge in [-0.3, -0.25) is 5.32 Å². The van der Waals surface area contributed by atoms with Crippen molar-refractivity contribution in [2.45, 2.75) is 20.0 Å². The van der Waals surface area contributed by atoms with Gasteiger partial charge in [0, 0.05) is 5.02 Å². The lowest BCUT2D eigenvalue weighted by Gasteiger charge is -2.10. The SMILES string of the molecule is CC(C)OC(=O)Nc1cc(Cl)ccc1Cl. The molecule has 0 aromatic heterocycles. The van der Waals surface area contributed by atoms with Crippen molar-refractivity contribution >= 4 is 35.0 Å². The van der Waals surface area contributed by atoms with Crippen LogP contribution in [0.4, 0.5) is 10.5 Å². The van der Waals surface area contributed by atoms with Crippen LogP contribution >= 0.6 is 23.2 Å². The average Bonchev–Trinajstić information content (AvgIpc) is 2.10. The van der Waals surface area contributed by atoms with Gasteiger partial charge in [0.1, 0.15) is 0 Å². The van der Waals surface area contributed by atoms with Crippen LogP contribution in [-0.4, -0.2) is 12.2 Å². The summed E-state index contributed by atoms with van der Waals surface area (Å²) >= 11 is 11.6. The summed E-state index contributed by atoms with van der Waals surface area (Å²) in [5, 5.41) is 3.42. The van der Waals surface area contributed by atoms with E-state index < -0.39 is 6.09 Å². The molecule has 5 heteroatoms. The van der Waals surface area contributed by atoms with E-state index in [0.29, 0.717) is 15.7 Å². The summed E-state index contributed by atoms with van der Waals surface area (Å²) in [4.78, 5) is 11.3. The van der Waals surface area contributed by atoms with E-state index in [9.17, 15) is 4.79 Å². The smallest absolute Gasteiger partial charge is 0.411 e. The molecule has 0 spiro atoms. The maximum atomic E-state index is 11.3. The van der Waals surface area contributed by atoms with E-state index in [1.165, 1.54) is 0 Å². The van der Waals surface area contributed by atoms with Crippen LogP contribution in [0.3, 0.4) is 0 Å². The van der Waals surface area contributed by atoms with Gasteiger partial charge in [0.25, 0.3) is 0 Å². The second-order valence-corrected chi connectivity index (χ2v) is 4.05. The second kappa shape index (κ2) is 5.24. The topological polar surface area (TPSA) is 38.3 Å². The number of hydrogen-bond donors (Lipinski definition) is 1. The van der Waals surface area contributed by atoms with Crippen molar-refractivity contribution in [2.75, 3.05) is 5.32 Å². The summed E-state index contributed by atoms with van der Waals surface area (Å²) in [6.45, 7) is 3.53. The first-order valence-electron chi connectivity index (χ1n) is 4.41. The Bertz CT molecular complexity index is 366. The van der Waals surface area contributed by atoms with Gasteiger partial charge < -0.3 is 4.74 Å². The van der Waals surface area contributed by atoms with Gasteiger partial charge in [-0.15, -0.1) is 0 Å². The third-order valence-electron chi connectivity index (χ3n) is 1.51. The predicted octanol–water partition coefficient (Wildman–Crippen LogP) is 3.95. The molecule has 0 bridgehead atoms. The molecule has 0 unspecified atom stereocenters. The Kier molecular flexibility index (Phi) is 4.24. The van der Waals surface area contributed by atoms with E-state index in [4.69, 9.17) is 27.9 Å². The van der Waals surface area contributed by atoms with Crippen molar-refractivity contribution in [2.24, 2.45) is 0 Å². The molecule has 3 nitrogen and oxygen atoms in total. The molecule has 0 heterocycles. The third-order valence-corrected chi connectivity index (χ3v) is 2.07. The molecule has 0 fully saturated rings. The van der Waals surface area contributed by atoms with Crippen molar-refractivity contribution in [1.82, 2.24) is 0 Å². The molecule has 0 saturated carbocycles. The molecule has 1 aromatic rings. The minimum Gasteiger partial charge on any atom is -0.447 e. The highest BCUT2D eigenvalue weighted by Crippen LogP contribution is 2.25. The minimum absolute atomic E-state index is 0.178. The van der Waals surface area contributed by atoms with Crippen LogP contribution in [0, 0.1) is 0 Å². The summed E-state index contributed by atoms with van der Waals surface area (Å²) < 4.78 is 4.90. The quantitative estimate of drug-likeness (QED) is 0.860. The number of nitrogens with one attached hydrogen (secondary N) is 1. The van der Waals surface area contributed by atoms with Crippen LogP contribution in [0.1, 0.15) is 13.8 Å². The molecule has 0 aliphatic carbocycles. The molecule has 0 atom stereocenters. The summed E-state index contributed by atoms with van der Waals surface area (Å²) in [6.07, 6.45) is -0.725. The van der Waals surface area contributed by atoms with Crippen molar-refractivity contribution in [3.63, 3.8) is 0 Å². The Balaban J connectivity index is 2.71. The van der Waals surface area contributed by atoms with Gasteiger partial charge in [-0.1, -0.05) is 23.2 Å². The summed E-state index contributed by atoms with van der Waals surface area (Å²) in [5.74, 6) is 0.